The Morgan fingerprint density at radius 2 is 2.00 bits per heavy atom. The van der Waals surface area contributed by atoms with Gasteiger partial charge in [0.05, 0.1) is 5.56 Å². The molecule has 0 spiro atoms. The lowest BCUT2D eigenvalue weighted by atomic mass is 10.1. The minimum absolute atomic E-state index is 0.0702. The first kappa shape index (κ1) is 12.3. The predicted molar refractivity (Wildman–Crippen MR) is 55.8 cm³/mol. The Labute approximate surface area is 97.6 Å². The van der Waals surface area contributed by atoms with E-state index < -0.39 is 17.9 Å². The van der Waals surface area contributed by atoms with Crippen molar-refractivity contribution >= 4 is 28.4 Å². The lowest BCUT2D eigenvalue weighted by Gasteiger charge is -2.11. The Balaban J connectivity index is 3.12. The van der Waals surface area contributed by atoms with Crippen molar-refractivity contribution in [3.63, 3.8) is 0 Å². The van der Waals surface area contributed by atoms with Crippen LogP contribution < -0.4 is 4.74 Å². The van der Waals surface area contributed by atoms with Gasteiger partial charge in [0.25, 0.3) is 0 Å². The van der Waals surface area contributed by atoms with Gasteiger partial charge in [0.15, 0.2) is 5.78 Å². The van der Waals surface area contributed by atoms with Gasteiger partial charge in [0, 0.05) is 3.57 Å². The van der Waals surface area contributed by atoms with Crippen molar-refractivity contribution in [2.24, 2.45) is 0 Å². The van der Waals surface area contributed by atoms with E-state index in [0.717, 1.165) is 6.07 Å². The van der Waals surface area contributed by atoms with Crippen molar-refractivity contribution in [3.8, 4) is 5.75 Å². The third-order valence-electron chi connectivity index (χ3n) is 1.55. The lowest BCUT2D eigenvalue weighted by molar-refractivity contribution is -0.274. The van der Waals surface area contributed by atoms with Crippen LogP contribution in [0.15, 0.2) is 18.2 Å². The van der Waals surface area contributed by atoms with Gasteiger partial charge in [-0.1, -0.05) is 0 Å². The highest BCUT2D eigenvalue weighted by molar-refractivity contribution is 14.1. The second-order valence-electron chi connectivity index (χ2n) is 2.74. The first-order chi connectivity index (χ1) is 6.79. The fourth-order valence-electron chi connectivity index (χ4n) is 0.991. The van der Waals surface area contributed by atoms with Crippen molar-refractivity contribution in [2.45, 2.75) is 13.3 Å². The van der Waals surface area contributed by atoms with Gasteiger partial charge in [-0.2, -0.15) is 0 Å². The van der Waals surface area contributed by atoms with Crippen LogP contribution >= 0.6 is 22.6 Å². The van der Waals surface area contributed by atoms with Crippen molar-refractivity contribution in [1.82, 2.24) is 0 Å². The van der Waals surface area contributed by atoms with Gasteiger partial charge in [0.1, 0.15) is 5.75 Å². The summed E-state index contributed by atoms with van der Waals surface area (Å²) in [5, 5.41) is 0. The summed E-state index contributed by atoms with van der Waals surface area (Å²) in [5.74, 6) is -0.928. The molecule has 2 nitrogen and oxygen atoms in total. The van der Waals surface area contributed by atoms with Crippen molar-refractivity contribution in [1.29, 1.82) is 0 Å². The summed E-state index contributed by atoms with van der Waals surface area (Å²) in [6.07, 6.45) is -4.78. The Bertz CT molecular complexity index is 387. The third-order valence-corrected chi connectivity index (χ3v) is 2.22. The average Bonchev–Trinajstić information content (AvgIpc) is 2.05. The highest BCUT2D eigenvalue weighted by Crippen LogP contribution is 2.27. The van der Waals surface area contributed by atoms with Gasteiger partial charge in [0.2, 0.25) is 0 Å². The summed E-state index contributed by atoms with van der Waals surface area (Å²) in [4.78, 5) is 11.1. The first-order valence-electron chi connectivity index (χ1n) is 3.86. The number of carbonyl (C=O) groups excluding carboxylic acids is 1. The van der Waals surface area contributed by atoms with Crippen LogP contribution in [-0.2, 0) is 0 Å². The van der Waals surface area contributed by atoms with E-state index in [1.165, 1.54) is 19.1 Å². The van der Waals surface area contributed by atoms with Crippen LogP contribution in [0.3, 0.4) is 0 Å². The number of hydrogen-bond donors (Lipinski definition) is 0. The maximum atomic E-state index is 11.9. The zero-order valence-electron chi connectivity index (χ0n) is 7.56. The molecular weight excluding hydrogens is 324 g/mol. The van der Waals surface area contributed by atoms with Crippen LogP contribution in [0.4, 0.5) is 13.2 Å². The molecule has 1 rings (SSSR count). The van der Waals surface area contributed by atoms with E-state index in [-0.39, 0.29) is 5.56 Å². The van der Waals surface area contributed by atoms with E-state index in [9.17, 15) is 18.0 Å². The van der Waals surface area contributed by atoms with E-state index in [0.29, 0.717) is 3.57 Å². The number of ketones is 1. The Morgan fingerprint density at radius 1 is 1.40 bits per heavy atom. The van der Waals surface area contributed by atoms with Crippen LogP contribution in [0.25, 0.3) is 0 Å². The Kier molecular flexibility index (Phi) is 3.58. The highest BCUT2D eigenvalue weighted by Gasteiger charge is 2.32. The molecule has 0 atom stereocenters. The number of rotatable bonds is 2. The fraction of sp³-hybridized carbons (Fsp3) is 0.222. The molecule has 0 aliphatic rings. The molecule has 0 fully saturated rings. The summed E-state index contributed by atoms with van der Waals surface area (Å²) in [6, 6.07) is 3.92. The molecule has 0 aliphatic heterocycles. The molecular formula is C9H6F3IO2. The molecule has 0 aliphatic carbocycles. The third kappa shape index (κ3) is 3.69. The van der Waals surface area contributed by atoms with Gasteiger partial charge in [-0.15, -0.1) is 13.2 Å². The molecule has 0 N–H and O–H groups in total. The highest BCUT2D eigenvalue weighted by atomic mass is 127. The van der Waals surface area contributed by atoms with Gasteiger partial charge in [-0.25, -0.2) is 0 Å². The van der Waals surface area contributed by atoms with Gasteiger partial charge in [-0.3, -0.25) is 4.79 Å². The van der Waals surface area contributed by atoms with Crippen LogP contribution in [-0.4, -0.2) is 12.1 Å². The molecule has 0 saturated carbocycles. The maximum absolute atomic E-state index is 11.9. The molecule has 6 heteroatoms. The summed E-state index contributed by atoms with van der Waals surface area (Å²) in [5.41, 5.74) is -0.0702. The summed E-state index contributed by atoms with van der Waals surface area (Å²) in [6.45, 7) is 1.19. The van der Waals surface area contributed by atoms with Gasteiger partial charge >= 0.3 is 6.36 Å². The first-order valence-corrected chi connectivity index (χ1v) is 4.94. The van der Waals surface area contributed by atoms with Crippen LogP contribution in [0.5, 0.6) is 5.75 Å². The summed E-state index contributed by atoms with van der Waals surface area (Å²) in [7, 11) is 0. The molecule has 0 radical (unpaired) electrons. The maximum Gasteiger partial charge on any atom is 0.573 e. The molecule has 1 aromatic rings. The van der Waals surface area contributed by atoms with E-state index >= 15 is 0 Å². The fourth-order valence-corrected chi connectivity index (χ4v) is 1.48. The topological polar surface area (TPSA) is 26.3 Å². The monoisotopic (exact) mass is 330 g/mol. The molecule has 1 aromatic carbocycles. The zero-order valence-corrected chi connectivity index (χ0v) is 9.72. The van der Waals surface area contributed by atoms with E-state index in [2.05, 4.69) is 4.74 Å². The molecule has 0 amide bonds. The summed E-state index contributed by atoms with van der Waals surface area (Å²) < 4.78 is 40.2. The minimum Gasteiger partial charge on any atom is -0.405 e. The Hall–Kier alpha value is -0.790. The molecule has 0 unspecified atom stereocenters. The second-order valence-corrected chi connectivity index (χ2v) is 3.99. The molecule has 0 aromatic heterocycles. The van der Waals surface area contributed by atoms with Crippen LogP contribution in [0.1, 0.15) is 17.3 Å². The number of carbonyl (C=O) groups is 1. The average molecular weight is 330 g/mol. The van der Waals surface area contributed by atoms with Crippen molar-refractivity contribution in [3.05, 3.63) is 27.3 Å². The minimum atomic E-state index is -4.78. The Morgan fingerprint density at radius 3 is 2.47 bits per heavy atom. The molecule has 15 heavy (non-hydrogen) atoms. The number of Topliss-reactive ketones (excluding diaryl/α,β-unsaturated/α-hetero) is 1. The SMILES string of the molecule is CC(=O)c1cc(I)ccc1OC(F)(F)F. The van der Waals surface area contributed by atoms with Crippen molar-refractivity contribution in [2.75, 3.05) is 0 Å². The normalized spacial score (nSPS) is 11.3. The van der Waals surface area contributed by atoms with Crippen LogP contribution in [0.2, 0.25) is 0 Å². The number of benzene rings is 1. The van der Waals surface area contributed by atoms with Gasteiger partial charge < -0.3 is 4.74 Å². The molecule has 0 bridgehead atoms. The molecule has 0 saturated heterocycles. The lowest BCUT2D eigenvalue weighted by Crippen LogP contribution is -2.18. The van der Waals surface area contributed by atoms with E-state index in [1.807, 2.05) is 22.6 Å². The standard InChI is InChI=1S/C9H6F3IO2/c1-5(14)7-4-6(13)2-3-8(7)15-9(10,11)12/h2-4H,1H3. The van der Waals surface area contributed by atoms with Gasteiger partial charge in [-0.05, 0) is 47.7 Å². The summed E-state index contributed by atoms with van der Waals surface area (Å²) >= 11 is 1.90. The van der Waals surface area contributed by atoms with E-state index in [4.69, 9.17) is 0 Å². The number of halogens is 4. The van der Waals surface area contributed by atoms with Crippen LogP contribution in [0, 0.1) is 3.57 Å². The van der Waals surface area contributed by atoms with E-state index in [1.54, 1.807) is 0 Å². The number of ether oxygens (including phenoxy) is 1. The van der Waals surface area contributed by atoms with Crippen molar-refractivity contribution < 1.29 is 22.7 Å². The largest absolute Gasteiger partial charge is 0.573 e. The zero-order chi connectivity index (χ0) is 11.6. The smallest absolute Gasteiger partial charge is 0.405 e. The number of alkyl halides is 3. The molecule has 82 valence electrons. The second kappa shape index (κ2) is 4.38. The predicted octanol–water partition coefficient (Wildman–Crippen LogP) is 3.39. The molecule has 0 heterocycles. The number of hydrogen-bond acceptors (Lipinski definition) is 2. The quantitative estimate of drug-likeness (QED) is 0.614.